The highest BCUT2D eigenvalue weighted by atomic mass is 35.5. The van der Waals surface area contributed by atoms with E-state index in [0.29, 0.717) is 12.4 Å². The summed E-state index contributed by atoms with van der Waals surface area (Å²) in [6.45, 7) is 2.02. The predicted molar refractivity (Wildman–Crippen MR) is 55.8 cm³/mol. The maximum atomic E-state index is 10.8. The molecule has 6 nitrogen and oxygen atoms in total. The summed E-state index contributed by atoms with van der Waals surface area (Å²) in [6.07, 6.45) is 1.01. The van der Waals surface area contributed by atoms with Gasteiger partial charge in [-0.05, 0) is 19.1 Å². The van der Waals surface area contributed by atoms with E-state index in [1.807, 2.05) is 0 Å². The summed E-state index contributed by atoms with van der Waals surface area (Å²) in [7, 11) is 0. The molecular formula is C8H9ClN4O2. The molecule has 0 atom stereocenters. The third-order valence-corrected chi connectivity index (χ3v) is 1.47. The number of hydrazone groups is 1. The minimum atomic E-state index is -0.521. The van der Waals surface area contributed by atoms with Crippen molar-refractivity contribution < 1.29 is 9.53 Å². The number of esters is 1. The Morgan fingerprint density at radius 3 is 3.07 bits per heavy atom. The molecule has 7 heteroatoms. The Bertz CT molecular complexity index is 352. The fraction of sp³-hybridized carbons (Fsp3) is 0.250. The van der Waals surface area contributed by atoms with Gasteiger partial charge >= 0.3 is 5.97 Å². The highest BCUT2D eigenvalue weighted by Crippen LogP contribution is 2.05. The molecule has 1 rings (SSSR count). The maximum Gasteiger partial charge on any atom is 0.351 e. The van der Waals surface area contributed by atoms with Gasteiger partial charge in [0.1, 0.15) is 6.21 Å². The Kier molecular flexibility index (Phi) is 4.49. The summed E-state index contributed by atoms with van der Waals surface area (Å²) in [4.78, 5) is 10.8. The molecule has 1 heterocycles. The van der Waals surface area contributed by atoms with Gasteiger partial charge in [-0.3, -0.25) is 5.43 Å². The lowest BCUT2D eigenvalue weighted by atomic mass is 10.5. The molecule has 1 N–H and O–H groups in total. The number of nitrogens with zero attached hydrogens (tertiary/aromatic N) is 3. The fourth-order valence-corrected chi connectivity index (χ4v) is 0.807. The molecule has 0 aliphatic carbocycles. The zero-order valence-electron chi connectivity index (χ0n) is 7.98. The van der Waals surface area contributed by atoms with E-state index in [0.717, 1.165) is 6.21 Å². The molecule has 1 aromatic rings. The molecule has 0 fully saturated rings. The van der Waals surface area contributed by atoms with Gasteiger partial charge in [-0.25, -0.2) is 4.79 Å². The molecule has 0 aromatic carbocycles. The summed E-state index contributed by atoms with van der Waals surface area (Å²) in [5.41, 5.74) is 2.50. The molecule has 0 radical (unpaired) electrons. The molecule has 0 saturated heterocycles. The van der Waals surface area contributed by atoms with Crippen molar-refractivity contribution in [2.75, 3.05) is 12.0 Å². The number of nitrogens with one attached hydrogen (secondary N) is 1. The second kappa shape index (κ2) is 5.92. The molecule has 80 valence electrons. The number of ether oxygens (including phenoxy) is 1. The first-order valence-corrected chi connectivity index (χ1v) is 4.55. The standard InChI is InChI=1S/C8H9ClN4O2/c1-2-15-8(14)5-10-12-7-4-3-6(9)11-13-7/h3-5H,2H2,1H3,(H,12,13)/b10-5+. The molecule has 1 aromatic heterocycles. The Hall–Kier alpha value is -1.69. The summed E-state index contributed by atoms with van der Waals surface area (Å²) in [5, 5.41) is 11.1. The third-order valence-electron chi connectivity index (χ3n) is 1.27. The molecule has 0 amide bonds. The van der Waals surface area contributed by atoms with E-state index >= 15 is 0 Å². The zero-order valence-corrected chi connectivity index (χ0v) is 8.73. The Labute approximate surface area is 91.3 Å². The van der Waals surface area contributed by atoms with Crippen LogP contribution in [0.4, 0.5) is 5.82 Å². The Morgan fingerprint density at radius 1 is 1.67 bits per heavy atom. The lowest BCUT2D eigenvalue weighted by Gasteiger charge is -1.97. The molecule has 0 aliphatic heterocycles. The fourth-order valence-electron chi connectivity index (χ4n) is 0.706. The van der Waals surface area contributed by atoms with Crippen molar-refractivity contribution in [3.8, 4) is 0 Å². The second-order valence-corrected chi connectivity index (χ2v) is 2.75. The van der Waals surface area contributed by atoms with Crippen molar-refractivity contribution in [3.05, 3.63) is 17.3 Å². The van der Waals surface area contributed by atoms with Crippen molar-refractivity contribution in [2.24, 2.45) is 5.10 Å². The quantitative estimate of drug-likeness (QED) is 0.474. The van der Waals surface area contributed by atoms with Gasteiger partial charge in [0.25, 0.3) is 0 Å². The number of rotatable bonds is 4. The number of hydrogen-bond donors (Lipinski definition) is 1. The van der Waals surface area contributed by atoms with Gasteiger partial charge in [0.2, 0.25) is 0 Å². The van der Waals surface area contributed by atoms with Crippen LogP contribution in [-0.2, 0) is 9.53 Å². The minimum Gasteiger partial charge on any atom is -0.462 e. The van der Waals surface area contributed by atoms with E-state index in [-0.39, 0.29) is 5.15 Å². The van der Waals surface area contributed by atoms with Gasteiger partial charge in [0.15, 0.2) is 11.0 Å². The first-order chi connectivity index (χ1) is 7.22. The van der Waals surface area contributed by atoms with Crippen LogP contribution in [0.2, 0.25) is 5.15 Å². The number of anilines is 1. The number of aromatic nitrogens is 2. The highest BCUT2D eigenvalue weighted by Gasteiger charge is 1.95. The summed E-state index contributed by atoms with van der Waals surface area (Å²) >= 11 is 5.52. The lowest BCUT2D eigenvalue weighted by Crippen LogP contribution is -2.06. The van der Waals surface area contributed by atoms with Gasteiger partial charge in [0, 0.05) is 0 Å². The first-order valence-electron chi connectivity index (χ1n) is 4.17. The average molecular weight is 229 g/mol. The van der Waals surface area contributed by atoms with Gasteiger partial charge in [0.05, 0.1) is 6.61 Å². The van der Waals surface area contributed by atoms with Crippen LogP contribution in [0.1, 0.15) is 6.92 Å². The second-order valence-electron chi connectivity index (χ2n) is 2.36. The maximum absolute atomic E-state index is 10.8. The monoisotopic (exact) mass is 228 g/mol. The van der Waals surface area contributed by atoms with Crippen LogP contribution in [-0.4, -0.2) is 29.0 Å². The molecule has 0 aliphatic rings. The van der Waals surface area contributed by atoms with Gasteiger partial charge in [-0.2, -0.15) is 5.10 Å². The summed E-state index contributed by atoms with van der Waals surface area (Å²) < 4.78 is 4.61. The van der Waals surface area contributed by atoms with Crippen molar-refractivity contribution >= 4 is 29.6 Å². The topological polar surface area (TPSA) is 76.5 Å². The smallest absolute Gasteiger partial charge is 0.351 e. The van der Waals surface area contributed by atoms with E-state index in [1.165, 1.54) is 0 Å². The molecular weight excluding hydrogens is 220 g/mol. The Morgan fingerprint density at radius 2 is 2.47 bits per heavy atom. The molecule has 15 heavy (non-hydrogen) atoms. The number of hydrogen-bond acceptors (Lipinski definition) is 6. The average Bonchev–Trinajstić information content (AvgIpc) is 2.21. The van der Waals surface area contributed by atoms with Crippen LogP contribution in [0.5, 0.6) is 0 Å². The van der Waals surface area contributed by atoms with Gasteiger partial charge in [-0.15, -0.1) is 10.2 Å². The summed E-state index contributed by atoms with van der Waals surface area (Å²) in [6, 6.07) is 3.13. The van der Waals surface area contributed by atoms with E-state index < -0.39 is 5.97 Å². The van der Waals surface area contributed by atoms with E-state index in [2.05, 4.69) is 25.5 Å². The zero-order chi connectivity index (χ0) is 11.1. The SMILES string of the molecule is CCOC(=O)/C=N/Nc1ccc(Cl)nn1. The van der Waals surface area contributed by atoms with Crippen molar-refractivity contribution in [1.82, 2.24) is 10.2 Å². The van der Waals surface area contributed by atoms with Crippen molar-refractivity contribution in [3.63, 3.8) is 0 Å². The van der Waals surface area contributed by atoms with Crippen LogP contribution in [0.3, 0.4) is 0 Å². The van der Waals surface area contributed by atoms with E-state index in [4.69, 9.17) is 11.6 Å². The van der Waals surface area contributed by atoms with Crippen LogP contribution < -0.4 is 5.43 Å². The van der Waals surface area contributed by atoms with Crippen LogP contribution >= 0.6 is 11.6 Å². The third kappa shape index (κ3) is 4.37. The first kappa shape index (κ1) is 11.4. The van der Waals surface area contributed by atoms with Gasteiger partial charge in [-0.1, -0.05) is 11.6 Å². The number of carbonyl (C=O) groups is 1. The predicted octanol–water partition coefficient (Wildman–Crippen LogP) is 1.09. The van der Waals surface area contributed by atoms with Crippen LogP contribution in [0, 0.1) is 0 Å². The van der Waals surface area contributed by atoms with Crippen molar-refractivity contribution in [2.45, 2.75) is 6.92 Å². The summed E-state index contributed by atoms with van der Waals surface area (Å²) in [5.74, 6) is -0.133. The van der Waals surface area contributed by atoms with Crippen LogP contribution in [0.25, 0.3) is 0 Å². The normalized spacial score (nSPS) is 10.3. The lowest BCUT2D eigenvalue weighted by molar-refractivity contribution is -0.134. The number of halogens is 1. The Balaban J connectivity index is 2.43. The largest absolute Gasteiger partial charge is 0.462 e. The van der Waals surface area contributed by atoms with E-state index in [9.17, 15) is 4.79 Å². The highest BCUT2D eigenvalue weighted by molar-refractivity contribution is 6.29. The molecule has 0 unspecified atom stereocenters. The van der Waals surface area contributed by atoms with E-state index in [1.54, 1.807) is 19.1 Å². The molecule has 0 spiro atoms. The molecule has 0 bridgehead atoms. The van der Waals surface area contributed by atoms with Gasteiger partial charge < -0.3 is 4.74 Å². The minimum absolute atomic E-state index is 0.287. The number of carbonyl (C=O) groups excluding carboxylic acids is 1. The molecule has 0 saturated carbocycles. The van der Waals surface area contributed by atoms with Crippen molar-refractivity contribution in [1.29, 1.82) is 0 Å². The van der Waals surface area contributed by atoms with Crippen LogP contribution in [0.15, 0.2) is 17.2 Å².